The van der Waals surface area contributed by atoms with Gasteiger partial charge in [-0.05, 0) is 67.3 Å². The van der Waals surface area contributed by atoms with Crippen LogP contribution in [0.25, 0.3) is 0 Å². The van der Waals surface area contributed by atoms with Gasteiger partial charge in [-0.25, -0.2) is 12.8 Å². The van der Waals surface area contributed by atoms with Crippen molar-refractivity contribution in [2.45, 2.75) is 25.7 Å². The third kappa shape index (κ3) is 3.50. The van der Waals surface area contributed by atoms with E-state index in [0.717, 1.165) is 12.1 Å². The van der Waals surface area contributed by atoms with Crippen molar-refractivity contribution in [3.63, 3.8) is 0 Å². The van der Waals surface area contributed by atoms with Gasteiger partial charge in [-0.2, -0.15) is 0 Å². The predicted octanol–water partition coefficient (Wildman–Crippen LogP) is 1.92. The highest BCUT2D eigenvalue weighted by Crippen LogP contribution is 2.24. The van der Waals surface area contributed by atoms with Crippen LogP contribution in [0.3, 0.4) is 0 Å². The summed E-state index contributed by atoms with van der Waals surface area (Å²) in [7, 11) is -4.06. The van der Waals surface area contributed by atoms with E-state index < -0.39 is 21.8 Å². The summed E-state index contributed by atoms with van der Waals surface area (Å²) < 4.78 is 40.8. The van der Waals surface area contributed by atoms with E-state index in [-0.39, 0.29) is 16.1 Å². The fraction of sp³-hybridized carbons (Fsp3) is 0.188. The first-order chi connectivity index (χ1) is 10.6. The van der Waals surface area contributed by atoms with Crippen LogP contribution in [-0.2, 0) is 10.0 Å². The molecule has 122 valence electrons. The summed E-state index contributed by atoms with van der Waals surface area (Å²) in [5.74, 6) is -2.01. The van der Waals surface area contributed by atoms with E-state index in [1.165, 1.54) is 18.2 Å². The molecule has 0 amide bonds. The van der Waals surface area contributed by atoms with Crippen molar-refractivity contribution in [1.29, 1.82) is 0 Å². The molecule has 0 atom stereocenters. The van der Waals surface area contributed by atoms with Crippen molar-refractivity contribution in [1.82, 2.24) is 0 Å². The molecule has 0 fully saturated rings. The van der Waals surface area contributed by atoms with E-state index in [0.29, 0.717) is 16.7 Å². The van der Waals surface area contributed by atoms with Gasteiger partial charge in [-0.3, -0.25) is 4.72 Å². The lowest BCUT2D eigenvalue weighted by molar-refractivity contribution is -0.255. The Morgan fingerprint density at radius 2 is 1.74 bits per heavy atom. The molecule has 2 aromatic carbocycles. The molecule has 0 aliphatic rings. The fourth-order valence-corrected chi connectivity index (χ4v) is 3.48. The van der Waals surface area contributed by atoms with Crippen LogP contribution in [-0.4, -0.2) is 14.4 Å². The lowest BCUT2D eigenvalue weighted by Crippen LogP contribution is -2.24. The number of carboxylic acid groups (broad SMARTS) is 1. The van der Waals surface area contributed by atoms with Gasteiger partial charge in [0.1, 0.15) is 5.82 Å². The minimum absolute atomic E-state index is 0.0593. The quantitative estimate of drug-likeness (QED) is 0.924. The Labute approximate surface area is 133 Å². The van der Waals surface area contributed by atoms with Gasteiger partial charge < -0.3 is 9.90 Å². The van der Waals surface area contributed by atoms with E-state index in [2.05, 4.69) is 4.72 Å². The first-order valence-electron chi connectivity index (χ1n) is 6.73. The molecule has 7 heteroatoms. The number of aromatic carboxylic acids is 1. The largest absolute Gasteiger partial charge is 0.545 e. The molecule has 0 heterocycles. The minimum atomic E-state index is -4.06. The summed E-state index contributed by atoms with van der Waals surface area (Å²) >= 11 is 0. The number of halogens is 1. The summed E-state index contributed by atoms with van der Waals surface area (Å²) in [5.41, 5.74) is 1.13. The Kier molecular flexibility index (Phi) is 4.42. The maximum atomic E-state index is 13.5. The van der Waals surface area contributed by atoms with Crippen molar-refractivity contribution < 1.29 is 22.7 Å². The van der Waals surface area contributed by atoms with Crippen molar-refractivity contribution >= 4 is 21.7 Å². The number of carboxylic acids is 1. The van der Waals surface area contributed by atoms with E-state index in [1.54, 1.807) is 20.8 Å². The molecule has 0 saturated carbocycles. The van der Waals surface area contributed by atoms with Gasteiger partial charge >= 0.3 is 0 Å². The number of aryl methyl sites for hydroxylation is 2. The predicted molar refractivity (Wildman–Crippen MR) is 82.2 cm³/mol. The number of hydrogen-bond acceptors (Lipinski definition) is 4. The third-order valence-corrected chi connectivity index (χ3v) is 5.08. The van der Waals surface area contributed by atoms with Gasteiger partial charge in [0.25, 0.3) is 10.0 Å². The summed E-state index contributed by atoms with van der Waals surface area (Å²) in [6.07, 6.45) is 0. The lowest BCUT2D eigenvalue weighted by Gasteiger charge is -2.15. The topological polar surface area (TPSA) is 86.3 Å². The standard InChI is InChI=1S/C16H16FNO4S/c1-9-4-5-13(8-14(9)17)18-23(21,22)15-7-12(16(19)20)6-10(2)11(15)3/h4-8,18H,1-3H3,(H,19,20)/p-1. The second kappa shape index (κ2) is 6.00. The number of nitrogens with one attached hydrogen (secondary N) is 1. The number of hydrogen-bond donors (Lipinski definition) is 1. The number of carbonyl (C=O) groups excluding carboxylic acids is 1. The molecule has 0 saturated heterocycles. The average Bonchev–Trinajstić information content (AvgIpc) is 2.45. The zero-order valence-corrected chi connectivity index (χ0v) is 13.6. The van der Waals surface area contributed by atoms with Gasteiger partial charge in [0.2, 0.25) is 0 Å². The van der Waals surface area contributed by atoms with Gasteiger partial charge in [0.15, 0.2) is 0 Å². The Bertz CT molecular complexity index is 891. The zero-order chi connectivity index (χ0) is 17.4. The van der Waals surface area contributed by atoms with Gasteiger partial charge in [-0.1, -0.05) is 6.07 Å². The van der Waals surface area contributed by atoms with Crippen LogP contribution in [0.4, 0.5) is 10.1 Å². The van der Waals surface area contributed by atoms with Crippen molar-refractivity contribution in [2.75, 3.05) is 4.72 Å². The molecule has 2 rings (SSSR count). The molecule has 23 heavy (non-hydrogen) atoms. The van der Waals surface area contributed by atoms with Crippen LogP contribution in [0.5, 0.6) is 0 Å². The Morgan fingerprint density at radius 3 is 2.30 bits per heavy atom. The molecular weight excluding hydrogens is 321 g/mol. The molecule has 0 spiro atoms. The van der Waals surface area contributed by atoms with E-state index in [1.807, 2.05) is 0 Å². The SMILES string of the molecule is Cc1ccc(NS(=O)(=O)c2cc(C(=O)[O-])cc(C)c2C)cc1F. The van der Waals surface area contributed by atoms with Gasteiger partial charge in [-0.15, -0.1) is 0 Å². The molecule has 0 aliphatic carbocycles. The number of anilines is 1. The number of carbonyl (C=O) groups is 1. The molecule has 2 aromatic rings. The highest BCUT2D eigenvalue weighted by Gasteiger charge is 2.20. The summed E-state index contributed by atoms with van der Waals surface area (Å²) in [6, 6.07) is 6.32. The van der Waals surface area contributed by atoms with Gasteiger partial charge in [0, 0.05) is 0 Å². The Balaban J connectivity index is 2.51. The van der Waals surface area contributed by atoms with E-state index in [9.17, 15) is 22.7 Å². The second-order valence-electron chi connectivity index (χ2n) is 5.27. The minimum Gasteiger partial charge on any atom is -0.545 e. The van der Waals surface area contributed by atoms with Crippen molar-refractivity contribution in [3.05, 3.63) is 58.4 Å². The van der Waals surface area contributed by atoms with Gasteiger partial charge in [0.05, 0.1) is 16.6 Å². The summed E-state index contributed by atoms with van der Waals surface area (Å²) in [4.78, 5) is 10.8. The molecule has 0 unspecified atom stereocenters. The second-order valence-corrected chi connectivity index (χ2v) is 6.92. The smallest absolute Gasteiger partial charge is 0.262 e. The van der Waals surface area contributed by atoms with Crippen LogP contribution < -0.4 is 9.83 Å². The van der Waals surface area contributed by atoms with Crippen LogP contribution in [0.2, 0.25) is 0 Å². The van der Waals surface area contributed by atoms with Crippen molar-refractivity contribution in [2.24, 2.45) is 0 Å². The third-order valence-electron chi connectivity index (χ3n) is 3.57. The van der Waals surface area contributed by atoms with Crippen LogP contribution in [0.15, 0.2) is 35.2 Å². The molecule has 1 N–H and O–H groups in total. The van der Waals surface area contributed by atoms with Crippen LogP contribution in [0, 0.1) is 26.6 Å². The lowest BCUT2D eigenvalue weighted by atomic mass is 10.1. The summed E-state index contributed by atoms with van der Waals surface area (Å²) in [5, 5.41) is 11.0. The maximum absolute atomic E-state index is 13.5. The molecule has 0 aliphatic heterocycles. The Morgan fingerprint density at radius 1 is 1.09 bits per heavy atom. The highest BCUT2D eigenvalue weighted by molar-refractivity contribution is 7.92. The molecular formula is C16H15FNO4S-. The van der Waals surface area contributed by atoms with E-state index in [4.69, 9.17) is 0 Å². The normalized spacial score (nSPS) is 11.3. The van der Waals surface area contributed by atoms with Crippen LogP contribution >= 0.6 is 0 Å². The Hall–Kier alpha value is -2.41. The molecule has 5 nitrogen and oxygen atoms in total. The molecule has 0 bridgehead atoms. The van der Waals surface area contributed by atoms with Crippen LogP contribution in [0.1, 0.15) is 27.0 Å². The highest BCUT2D eigenvalue weighted by atomic mass is 32.2. The zero-order valence-electron chi connectivity index (χ0n) is 12.8. The first-order valence-corrected chi connectivity index (χ1v) is 8.21. The number of sulfonamides is 1. The average molecular weight is 336 g/mol. The number of benzene rings is 2. The maximum Gasteiger partial charge on any atom is 0.262 e. The monoisotopic (exact) mass is 336 g/mol. The van der Waals surface area contributed by atoms with Crippen molar-refractivity contribution in [3.8, 4) is 0 Å². The molecule has 0 aromatic heterocycles. The molecule has 0 radical (unpaired) electrons. The number of rotatable bonds is 4. The summed E-state index contributed by atoms with van der Waals surface area (Å²) in [6.45, 7) is 4.73. The first kappa shape index (κ1) is 17.0. The van der Waals surface area contributed by atoms with E-state index >= 15 is 0 Å². The fourth-order valence-electron chi connectivity index (χ4n) is 2.09.